The molecule has 7 heteroatoms. The Kier molecular flexibility index (Phi) is 4.62. The van der Waals surface area contributed by atoms with E-state index in [0.29, 0.717) is 5.89 Å². The molecule has 1 atom stereocenters. The summed E-state index contributed by atoms with van der Waals surface area (Å²) in [5.74, 6) is 1.50. The van der Waals surface area contributed by atoms with Gasteiger partial charge >= 0.3 is 0 Å². The highest BCUT2D eigenvalue weighted by Gasteiger charge is 2.17. The minimum Gasteiger partial charge on any atom is -0.440 e. The molecule has 0 aliphatic heterocycles. The van der Waals surface area contributed by atoms with Gasteiger partial charge in [-0.1, -0.05) is 65.2 Å². The van der Waals surface area contributed by atoms with E-state index < -0.39 is 0 Å². The van der Waals surface area contributed by atoms with Gasteiger partial charge in [-0.15, -0.1) is 10.2 Å². The predicted octanol–water partition coefficient (Wildman–Crippen LogP) is 4.77. The molecule has 0 bridgehead atoms. The SMILES string of the molecule is CSc1nnc(S[C@H](C)c2ncc(-c3ccccc3)o2)s1. The van der Waals surface area contributed by atoms with E-state index in [2.05, 4.69) is 22.1 Å². The quantitative estimate of drug-likeness (QED) is 0.626. The van der Waals surface area contributed by atoms with Crippen LogP contribution >= 0.6 is 34.9 Å². The van der Waals surface area contributed by atoms with Gasteiger partial charge in [0.25, 0.3) is 0 Å². The summed E-state index contributed by atoms with van der Waals surface area (Å²) in [5, 5.41) is 8.35. The van der Waals surface area contributed by atoms with Crippen LogP contribution in [0.25, 0.3) is 11.3 Å². The van der Waals surface area contributed by atoms with Crippen molar-refractivity contribution in [2.75, 3.05) is 6.26 Å². The van der Waals surface area contributed by atoms with Crippen LogP contribution in [0.3, 0.4) is 0 Å². The van der Waals surface area contributed by atoms with Crippen LogP contribution in [0.15, 0.2) is 49.6 Å². The molecule has 0 N–H and O–H groups in total. The molecule has 3 rings (SSSR count). The summed E-state index contributed by atoms with van der Waals surface area (Å²) in [6.07, 6.45) is 3.77. The van der Waals surface area contributed by atoms with Crippen molar-refractivity contribution in [2.24, 2.45) is 0 Å². The zero-order chi connectivity index (χ0) is 14.7. The first-order chi connectivity index (χ1) is 10.3. The highest BCUT2D eigenvalue weighted by molar-refractivity contribution is 8.03. The minimum absolute atomic E-state index is 0.102. The van der Waals surface area contributed by atoms with Gasteiger partial charge in [-0.25, -0.2) is 4.98 Å². The molecular formula is C14H13N3OS3. The third kappa shape index (κ3) is 3.48. The summed E-state index contributed by atoms with van der Waals surface area (Å²) in [6.45, 7) is 2.06. The van der Waals surface area contributed by atoms with Crippen molar-refractivity contribution in [3.8, 4) is 11.3 Å². The van der Waals surface area contributed by atoms with E-state index in [1.54, 1.807) is 41.1 Å². The molecule has 108 valence electrons. The lowest BCUT2D eigenvalue weighted by Crippen LogP contribution is -1.87. The van der Waals surface area contributed by atoms with Crippen molar-refractivity contribution in [3.63, 3.8) is 0 Å². The Morgan fingerprint density at radius 1 is 1.14 bits per heavy atom. The van der Waals surface area contributed by atoms with E-state index in [1.807, 2.05) is 36.6 Å². The van der Waals surface area contributed by atoms with Crippen LogP contribution < -0.4 is 0 Å². The first kappa shape index (κ1) is 14.6. The number of oxazole rings is 1. The molecule has 0 unspecified atom stereocenters. The molecule has 0 aliphatic rings. The first-order valence-corrected chi connectivity index (χ1v) is 9.23. The lowest BCUT2D eigenvalue weighted by Gasteiger charge is -2.03. The van der Waals surface area contributed by atoms with Crippen molar-refractivity contribution in [2.45, 2.75) is 20.9 Å². The number of benzene rings is 1. The summed E-state index contributed by atoms with van der Waals surface area (Å²) < 4.78 is 7.77. The molecule has 4 nitrogen and oxygen atoms in total. The van der Waals surface area contributed by atoms with E-state index in [1.165, 1.54) is 0 Å². The molecule has 2 heterocycles. The van der Waals surface area contributed by atoms with E-state index in [-0.39, 0.29) is 5.25 Å². The first-order valence-electron chi connectivity index (χ1n) is 6.31. The second-order valence-electron chi connectivity index (χ2n) is 4.23. The van der Waals surface area contributed by atoms with Gasteiger partial charge < -0.3 is 4.42 Å². The molecule has 2 aromatic heterocycles. The molecule has 0 saturated heterocycles. The Morgan fingerprint density at radius 2 is 1.90 bits per heavy atom. The lowest BCUT2D eigenvalue weighted by atomic mass is 10.2. The zero-order valence-electron chi connectivity index (χ0n) is 11.5. The third-order valence-corrected chi connectivity index (χ3v) is 5.84. The Morgan fingerprint density at radius 3 is 2.62 bits per heavy atom. The summed E-state index contributed by atoms with van der Waals surface area (Å²) in [7, 11) is 0. The van der Waals surface area contributed by atoms with Gasteiger partial charge in [0.1, 0.15) is 0 Å². The fourth-order valence-corrected chi connectivity index (χ4v) is 4.37. The highest BCUT2D eigenvalue weighted by atomic mass is 32.2. The fraction of sp³-hybridized carbons (Fsp3) is 0.214. The van der Waals surface area contributed by atoms with Crippen LogP contribution in [0.4, 0.5) is 0 Å². The van der Waals surface area contributed by atoms with Gasteiger partial charge in [-0.3, -0.25) is 0 Å². The van der Waals surface area contributed by atoms with Crippen LogP contribution in [0.1, 0.15) is 18.1 Å². The molecule has 21 heavy (non-hydrogen) atoms. The number of nitrogens with zero attached hydrogens (tertiary/aromatic N) is 3. The number of thioether (sulfide) groups is 2. The average molecular weight is 335 g/mol. The second kappa shape index (κ2) is 6.64. The molecule has 0 aliphatic carbocycles. The van der Waals surface area contributed by atoms with Crippen LogP contribution in [-0.4, -0.2) is 21.4 Å². The molecule has 0 amide bonds. The second-order valence-corrected chi connectivity index (χ2v) is 7.85. The van der Waals surface area contributed by atoms with Crippen molar-refractivity contribution in [3.05, 3.63) is 42.4 Å². The Hall–Kier alpha value is -1.31. The van der Waals surface area contributed by atoms with E-state index in [9.17, 15) is 0 Å². The molecular weight excluding hydrogens is 322 g/mol. The van der Waals surface area contributed by atoms with Gasteiger partial charge in [0, 0.05) is 5.56 Å². The molecule has 0 radical (unpaired) electrons. The number of hydrogen-bond donors (Lipinski definition) is 0. The average Bonchev–Trinajstić information content (AvgIpc) is 3.17. The van der Waals surface area contributed by atoms with Gasteiger partial charge in [-0.05, 0) is 13.2 Å². The Labute approximate surface area is 135 Å². The molecule has 1 aromatic carbocycles. The maximum Gasteiger partial charge on any atom is 0.208 e. The van der Waals surface area contributed by atoms with Gasteiger partial charge in [0.2, 0.25) is 5.89 Å². The van der Waals surface area contributed by atoms with Crippen LogP contribution in [0.2, 0.25) is 0 Å². The minimum atomic E-state index is 0.102. The van der Waals surface area contributed by atoms with Crippen LogP contribution in [0.5, 0.6) is 0 Å². The van der Waals surface area contributed by atoms with Gasteiger partial charge in [0.15, 0.2) is 14.4 Å². The van der Waals surface area contributed by atoms with E-state index in [4.69, 9.17) is 4.42 Å². The fourth-order valence-electron chi connectivity index (χ4n) is 1.74. The smallest absolute Gasteiger partial charge is 0.208 e. The van der Waals surface area contributed by atoms with Gasteiger partial charge in [-0.2, -0.15) is 0 Å². The number of rotatable bonds is 5. The molecule has 0 spiro atoms. The summed E-state index contributed by atoms with van der Waals surface area (Å²) in [5.41, 5.74) is 1.04. The van der Waals surface area contributed by atoms with Crippen molar-refractivity contribution >= 4 is 34.9 Å². The third-order valence-electron chi connectivity index (χ3n) is 2.77. The molecule has 0 saturated carbocycles. The predicted molar refractivity (Wildman–Crippen MR) is 87.9 cm³/mol. The van der Waals surface area contributed by atoms with Crippen molar-refractivity contribution in [1.29, 1.82) is 0 Å². The van der Waals surface area contributed by atoms with E-state index in [0.717, 1.165) is 20.0 Å². The monoisotopic (exact) mass is 335 g/mol. The number of hydrogen-bond acceptors (Lipinski definition) is 7. The summed E-state index contributed by atoms with van der Waals surface area (Å²) in [6, 6.07) is 9.98. The maximum atomic E-state index is 5.86. The Bertz CT molecular complexity index is 711. The lowest BCUT2D eigenvalue weighted by molar-refractivity contribution is 0.510. The van der Waals surface area contributed by atoms with Crippen molar-refractivity contribution < 1.29 is 4.42 Å². The largest absolute Gasteiger partial charge is 0.440 e. The molecule has 0 fully saturated rings. The Balaban J connectivity index is 1.73. The van der Waals surface area contributed by atoms with Crippen LogP contribution in [-0.2, 0) is 0 Å². The zero-order valence-corrected chi connectivity index (χ0v) is 14.0. The summed E-state index contributed by atoms with van der Waals surface area (Å²) >= 11 is 4.82. The highest BCUT2D eigenvalue weighted by Crippen LogP contribution is 2.38. The standard InChI is InChI=1S/C14H13N3OS3/c1-9(20-14-17-16-13(19-2)21-14)12-15-8-11(18-12)10-6-4-3-5-7-10/h3-9H,1-2H3/t9-/m1/s1. The number of aromatic nitrogens is 3. The van der Waals surface area contributed by atoms with E-state index >= 15 is 0 Å². The summed E-state index contributed by atoms with van der Waals surface area (Å²) in [4.78, 5) is 4.38. The van der Waals surface area contributed by atoms with Gasteiger partial charge in [0.05, 0.1) is 11.4 Å². The van der Waals surface area contributed by atoms with Crippen LogP contribution in [0, 0.1) is 0 Å². The topological polar surface area (TPSA) is 51.8 Å². The normalized spacial score (nSPS) is 12.5. The maximum absolute atomic E-state index is 5.86. The van der Waals surface area contributed by atoms with Crippen molar-refractivity contribution in [1.82, 2.24) is 15.2 Å². The molecule has 3 aromatic rings.